The van der Waals surface area contributed by atoms with Gasteiger partial charge in [0.1, 0.15) is 5.75 Å². The average Bonchev–Trinajstić information content (AvgIpc) is 3.01. The van der Waals surface area contributed by atoms with Gasteiger partial charge in [-0.05, 0) is 42.9 Å². The molecule has 18 heavy (non-hydrogen) atoms. The molecule has 0 heterocycles. The van der Waals surface area contributed by atoms with Crippen molar-refractivity contribution in [3.05, 3.63) is 28.8 Å². The van der Waals surface area contributed by atoms with Crippen LogP contribution in [0.25, 0.3) is 0 Å². The second kappa shape index (κ2) is 4.30. The van der Waals surface area contributed by atoms with E-state index in [1.807, 2.05) is 26.0 Å². The molecule has 2 atom stereocenters. The maximum atomic E-state index is 12.0. The highest BCUT2D eigenvalue weighted by atomic mass is 16.5. The van der Waals surface area contributed by atoms with Crippen LogP contribution in [0.4, 0.5) is 0 Å². The summed E-state index contributed by atoms with van der Waals surface area (Å²) in [6.07, 6.45) is 0.866. The van der Waals surface area contributed by atoms with Gasteiger partial charge in [0.05, 0.1) is 19.6 Å². The molecule has 0 spiro atoms. The summed E-state index contributed by atoms with van der Waals surface area (Å²) in [5.74, 6) is 1.11. The Morgan fingerprint density at radius 3 is 2.11 bits per heavy atom. The monoisotopic (exact) mass is 248 g/mol. The summed E-state index contributed by atoms with van der Waals surface area (Å²) in [5.41, 5.74) is 2.75. The van der Waals surface area contributed by atoms with E-state index < -0.39 is 5.41 Å². The summed E-state index contributed by atoms with van der Waals surface area (Å²) < 4.78 is 10.3. The number of hydrogen-bond donors (Lipinski definition) is 0. The summed E-state index contributed by atoms with van der Waals surface area (Å²) in [5, 5.41) is 0. The van der Waals surface area contributed by atoms with Gasteiger partial charge < -0.3 is 9.47 Å². The maximum absolute atomic E-state index is 12.0. The first kappa shape index (κ1) is 12.9. The predicted molar refractivity (Wildman–Crippen MR) is 69.9 cm³/mol. The topological polar surface area (TPSA) is 35.5 Å². The minimum Gasteiger partial charge on any atom is -0.496 e. The molecule has 3 heteroatoms. The van der Waals surface area contributed by atoms with Crippen molar-refractivity contribution in [1.82, 2.24) is 0 Å². The standard InChI is InChI=1S/C15H20O3/c1-9-6-12(7-10(2)13(9)17-4)15(8-11(15)3)14(16)18-5/h6-7,11H,8H2,1-5H3. The van der Waals surface area contributed by atoms with E-state index in [4.69, 9.17) is 9.47 Å². The van der Waals surface area contributed by atoms with Gasteiger partial charge in [-0.2, -0.15) is 0 Å². The lowest BCUT2D eigenvalue weighted by atomic mass is 9.90. The van der Waals surface area contributed by atoms with Crippen LogP contribution in [0.3, 0.4) is 0 Å². The van der Waals surface area contributed by atoms with Crippen molar-refractivity contribution in [1.29, 1.82) is 0 Å². The van der Waals surface area contributed by atoms with E-state index in [-0.39, 0.29) is 5.97 Å². The van der Waals surface area contributed by atoms with E-state index in [0.717, 1.165) is 28.9 Å². The number of ether oxygens (including phenoxy) is 2. The molecule has 1 aliphatic carbocycles. The molecule has 0 aromatic heterocycles. The van der Waals surface area contributed by atoms with Gasteiger partial charge >= 0.3 is 5.97 Å². The summed E-state index contributed by atoms with van der Waals surface area (Å²) in [6.45, 7) is 6.10. The van der Waals surface area contributed by atoms with Crippen LogP contribution in [0.5, 0.6) is 5.75 Å². The summed E-state index contributed by atoms with van der Waals surface area (Å²) in [6, 6.07) is 4.10. The molecule has 2 rings (SSSR count). The number of carbonyl (C=O) groups excluding carboxylic acids is 1. The highest BCUT2D eigenvalue weighted by Gasteiger charge is 2.59. The zero-order valence-corrected chi connectivity index (χ0v) is 11.7. The van der Waals surface area contributed by atoms with E-state index in [1.54, 1.807) is 7.11 Å². The molecule has 0 amide bonds. The highest BCUT2D eigenvalue weighted by molar-refractivity contribution is 5.87. The summed E-state index contributed by atoms with van der Waals surface area (Å²) in [4.78, 5) is 12.0. The lowest BCUT2D eigenvalue weighted by Gasteiger charge is -2.18. The normalized spacial score (nSPS) is 25.7. The van der Waals surface area contributed by atoms with Gasteiger partial charge in [0.2, 0.25) is 0 Å². The number of aryl methyl sites for hydroxylation is 2. The molecule has 98 valence electrons. The number of esters is 1. The molecule has 1 aromatic carbocycles. The minimum atomic E-state index is -0.434. The first-order chi connectivity index (χ1) is 8.47. The van der Waals surface area contributed by atoms with Crippen LogP contribution >= 0.6 is 0 Å². The molecule has 1 aliphatic rings. The van der Waals surface area contributed by atoms with Crippen molar-refractivity contribution in [3.8, 4) is 5.75 Å². The number of hydrogen-bond acceptors (Lipinski definition) is 3. The van der Waals surface area contributed by atoms with Crippen LogP contribution in [-0.4, -0.2) is 20.2 Å². The van der Waals surface area contributed by atoms with Gasteiger partial charge in [0.15, 0.2) is 0 Å². The Labute approximate surface area is 108 Å². The third-order valence-electron chi connectivity index (χ3n) is 4.04. The summed E-state index contributed by atoms with van der Waals surface area (Å²) >= 11 is 0. The molecule has 0 bridgehead atoms. The fraction of sp³-hybridized carbons (Fsp3) is 0.533. The van der Waals surface area contributed by atoms with E-state index in [0.29, 0.717) is 5.92 Å². The Morgan fingerprint density at radius 2 is 1.78 bits per heavy atom. The Kier molecular flexibility index (Phi) is 3.09. The Balaban J connectivity index is 2.49. The fourth-order valence-electron chi connectivity index (χ4n) is 2.94. The fourth-order valence-corrected chi connectivity index (χ4v) is 2.94. The van der Waals surface area contributed by atoms with Crippen molar-refractivity contribution >= 4 is 5.97 Å². The number of carbonyl (C=O) groups is 1. The molecular weight excluding hydrogens is 228 g/mol. The van der Waals surface area contributed by atoms with Crippen molar-refractivity contribution in [2.45, 2.75) is 32.6 Å². The second-order valence-corrected chi connectivity index (χ2v) is 5.21. The van der Waals surface area contributed by atoms with Crippen LogP contribution in [-0.2, 0) is 14.9 Å². The van der Waals surface area contributed by atoms with Gasteiger partial charge in [-0.1, -0.05) is 19.1 Å². The molecular formula is C15H20O3. The van der Waals surface area contributed by atoms with Crippen LogP contribution in [0, 0.1) is 19.8 Å². The lowest BCUT2D eigenvalue weighted by Crippen LogP contribution is -2.24. The van der Waals surface area contributed by atoms with Crippen molar-refractivity contribution in [3.63, 3.8) is 0 Å². The van der Waals surface area contributed by atoms with E-state index >= 15 is 0 Å². The van der Waals surface area contributed by atoms with Gasteiger partial charge in [-0.15, -0.1) is 0 Å². The number of methoxy groups -OCH3 is 2. The van der Waals surface area contributed by atoms with Crippen LogP contribution in [0.1, 0.15) is 30.0 Å². The zero-order chi connectivity index (χ0) is 13.5. The largest absolute Gasteiger partial charge is 0.496 e. The number of benzene rings is 1. The predicted octanol–water partition coefficient (Wildman–Crippen LogP) is 2.76. The van der Waals surface area contributed by atoms with Crippen LogP contribution in [0.15, 0.2) is 12.1 Å². The smallest absolute Gasteiger partial charge is 0.316 e. The van der Waals surface area contributed by atoms with Gasteiger partial charge in [-0.25, -0.2) is 0 Å². The quantitative estimate of drug-likeness (QED) is 0.772. The van der Waals surface area contributed by atoms with E-state index in [2.05, 4.69) is 6.92 Å². The van der Waals surface area contributed by atoms with Crippen LogP contribution in [0.2, 0.25) is 0 Å². The molecule has 0 N–H and O–H groups in total. The molecule has 0 aliphatic heterocycles. The first-order valence-corrected chi connectivity index (χ1v) is 6.21. The van der Waals surface area contributed by atoms with E-state index in [9.17, 15) is 4.79 Å². The molecule has 0 saturated heterocycles. The molecule has 2 unspecified atom stereocenters. The van der Waals surface area contributed by atoms with Crippen molar-refractivity contribution < 1.29 is 14.3 Å². The second-order valence-electron chi connectivity index (χ2n) is 5.21. The zero-order valence-electron chi connectivity index (χ0n) is 11.7. The van der Waals surface area contributed by atoms with Gasteiger partial charge in [0.25, 0.3) is 0 Å². The third kappa shape index (κ3) is 1.69. The highest BCUT2D eigenvalue weighted by Crippen LogP contribution is 2.55. The van der Waals surface area contributed by atoms with Crippen LogP contribution < -0.4 is 4.74 Å². The molecule has 1 saturated carbocycles. The van der Waals surface area contributed by atoms with Crippen molar-refractivity contribution in [2.24, 2.45) is 5.92 Å². The summed E-state index contributed by atoms with van der Waals surface area (Å²) in [7, 11) is 3.13. The maximum Gasteiger partial charge on any atom is 0.316 e. The average molecular weight is 248 g/mol. The van der Waals surface area contributed by atoms with Gasteiger partial charge in [0, 0.05) is 0 Å². The minimum absolute atomic E-state index is 0.126. The lowest BCUT2D eigenvalue weighted by molar-refractivity contribution is -0.144. The SMILES string of the molecule is COC(=O)C1(c2cc(C)c(OC)c(C)c2)CC1C. The van der Waals surface area contributed by atoms with E-state index in [1.165, 1.54) is 7.11 Å². The Bertz CT molecular complexity index is 470. The number of rotatable bonds is 3. The van der Waals surface area contributed by atoms with Crippen molar-refractivity contribution in [2.75, 3.05) is 14.2 Å². The molecule has 0 radical (unpaired) electrons. The Hall–Kier alpha value is -1.51. The molecule has 1 fully saturated rings. The first-order valence-electron chi connectivity index (χ1n) is 6.21. The molecule has 3 nitrogen and oxygen atoms in total. The Morgan fingerprint density at radius 1 is 1.28 bits per heavy atom. The van der Waals surface area contributed by atoms with Gasteiger partial charge in [-0.3, -0.25) is 4.79 Å². The molecule has 1 aromatic rings. The third-order valence-corrected chi connectivity index (χ3v) is 4.04.